The van der Waals surface area contributed by atoms with E-state index in [0.29, 0.717) is 18.4 Å². The van der Waals surface area contributed by atoms with Crippen LogP contribution in [0.25, 0.3) is 0 Å². The topological polar surface area (TPSA) is 35.0 Å². The Bertz CT molecular complexity index is 529. The molecule has 0 aliphatic heterocycles. The Labute approximate surface area is 108 Å². The van der Waals surface area contributed by atoms with Crippen LogP contribution in [0.2, 0.25) is 0 Å². The zero-order valence-corrected chi connectivity index (χ0v) is 9.89. The highest BCUT2D eigenvalue weighted by Crippen LogP contribution is 2.26. The largest absolute Gasteiger partial charge is 0.573 e. The third-order valence-corrected chi connectivity index (χ3v) is 2.49. The molecule has 6 heteroatoms. The molecule has 0 aliphatic rings. The molecule has 19 heavy (non-hydrogen) atoms. The molecule has 1 heterocycles. The summed E-state index contributed by atoms with van der Waals surface area (Å²) in [6, 6.07) is 7.84. The molecule has 3 nitrogen and oxygen atoms in total. The van der Waals surface area contributed by atoms with Gasteiger partial charge in [-0.2, -0.15) is 0 Å². The van der Waals surface area contributed by atoms with Gasteiger partial charge >= 0.3 is 6.36 Å². The van der Waals surface area contributed by atoms with Crippen LogP contribution in [0.5, 0.6) is 5.75 Å². The summed E-state index contributed by atoms with van der Waals surface area (Å²) in [5.41, 5.74) is 1.27. The second-order valence-electron chi connectivity index (χ2n) is 3.86. The van der Waals surface area contributed by atoms with Gasteiger partial charge in [0.25, 0.3) is 0 Å². The zero-order chi connectivity index (χ0) is 13.7. The predicted octanol–water partition coefficient (Wildman–Crippen LogP) is 3.16. The maximum Gasteiger partial charge on any atom is 0.573 e. The van der Waals surface area contributed by atoms with Crippen LogP contribution in [0, 0.1) is 0 Å². The van der Waals surface area contributed by atoms with Gasteiger partial charge in [-0.1, -0.05) is 18.2 Å². The van der Waals surface area contributed by atoms with Crippen molar-refractivity contribution in [3.8, 4) is 5.75 Å². The van der Waals surface area contributed by atoms with E-state index in [-0.39, 0.29) is 5.75 Å². The fourth-order valence-corrected chi connectivity index (χ4v) is 1.66. The minimum Gasteiger partial charge on any atom is -0.406 e. The summed E-state index contributed by atoms with van der Waals surface area (Å²) in [5, 5.41) is 0. The molecule has 1 aromatic heterocycles. The van der Waals surface area contributed by atoms with Crippen molar-refractivity contribution in [3.05, 3.63) is 54.1 Å². The van der Waals surface area contributed by atoms with Crippen LogP contribution < -0.4 is 4.74 Å². The summed E-state index contributed by atoms with van der Waals surface area (Å²) in [4.78, 5) is 7.81. The quantitative estimate of drug-likeness (QED) is 0.854. The zero-order valence-electron chi connectivity index (χ0n) is 9.89. The molecule has 0 saturated heterocycles. The number of ether oxygens (including phenoxy) is 1. The highest BCUT2D eigenvalue weighted by atomic mass is 19.4. The van der Waals surface area contributed by atoms with Crippen molar-refractivity contribution in [1.29, 1.82) is 0 Å². The van der Waals surface area contributed by atoms with Crippen LogP contribution in [0.15, 0.2) is 42.9 Å². The third kappa shape index (κ3) is 4.24. The second kappa shape index (κ2) is 5.69. The van der Waals surface area contributed by atoms with E-state index in [2.05, 4.69) is 14.7 Å². The molecular formula is C13H11F3N2O. The first kappa shape index (κ1) is 13.3. The number of benzene rings is 1. The number of rotatable bonds is 4. The molecular weight excluding hydrogens is 257 g/mol. The standard InChI is InChI=1S/C13H11F3N2O/c14-13(15,16)19-12-4-2-1-3-10(12)5-6-11-7-8-17-9-18-11/h1-4,7-9H,5-6H2. The molecule has 2 rings (SSSR count). The van der Waals surface area contributed by atoms with Gasteiger partial charge in [-0.05, 0) is 30.5 Å². The van der Waals surface area contributed by atoms with E-state index >= 15 is 0 Å². The number of halogens is 3. The van der Waals surface area contributed by atoms with E-state index in [9.17, 15) is 13.2 Å². The van der Waals surface area contributed by atoms with Crippen molar-refractivity contribution in [1.82, 2.24) is 9.97 Å². The number of aromatic nitrogens is 2. The van der Waals surface area contributed by atoms with Gasteiger partial charge in [0.2, 0.25) is 0 Å². The van der Waals surface area contributed by atoms with Gasteiger partial charge in [0.15, 0.2) is 0 Å². The molecule has 0 radical (unpaired) electrons. The average Bonchev–Trinajstić information content (AvgIpc) is 2.37. The SMILES string of the molecule is FC(F)(F)Oc1ccccc1CCc1ccncn1. The van der Waals surface area contributed by atoms with Crippen LogP contribution >= 0.6 is 0 Å². The monoisotopic (exact) mass is 268 g/mol. The van der Waals surface area contributed by atoms with E-state index in [1.807, 2.05) is 0 Å². The molecule has 0 amide bonds. The first-order valence-electron chi connectivity index (χ1n) is 5.63. The van der Waals surface area contributed by atoms with Crippen molar-refractivity contribution in [2.24, 2.45) is 0 Å². The van der Waals surface area contributed by atoms with Gasteiger partial charge < -0.3 is 4.74 Å². The van der Waals surface area contributed by atoms with Crippen LogP contribution in [-0.2, 0) is 12.8 Å². The molecule has 1 aromatic carbocycles. The molecule has 0 spiro atoms. The second-order valence-corrected chi connectivity index (χ2v) is 3.86. The Morgan fingerprint density at radius 3 is 2.53 bits per heavy atom. The van der Waals surface area contributed by atoms with Crippen LogP contribution in [0.4, 0.5) is 13.2 Å². The first-order chi connectivity index (χ1) is 9.04. The predicted molar refractivity (Wildman–Crippen MR) is 62.6 cm³/mol. The summed E-state index contributed by atoms with van der Waals surface area (Å²) in [7, 11) is 0. The van der Waals surface area contributed by atoms with Crippen molar-refractivity contribution >= 4 is 0 Å². The lowest BCUT2D eigenvalue weighted by Crippen LogP contribution is -2.18. The van der Waals surface area contributed by atoms with Crippen LogP contribution in [0.3, 0.4) is 0 Å². The Morgan fingerprint density at radius 2 is 1.84 bits per heavy atom. The summed E-state index contributed by atoms with van der Waals surface area (Å²) in [6.45, 7) is 0. The van der Waals surface area contributed by atoms with E-state index in [1.165, 1.54) is 18.5 Å². The van der Waals surface area contributed by atoms with Crippen molar-refractivity contribution < 1.29 is 17.9 Å². The Hall–Kier alpha value is -2.11. The molecule has 0 N–H and O–H groups in total. The first-order valence-corrected chi connectivity index (χ1v) is 5.63. The number of nitrogens with zero attached hydrogens (tertiary/aromatic N) is 2. The van der Waals surface area contributed by atoms with Crippen LogP contribution in [0.1, 0.15) is 11.3 Å². The highest BCUT2D eigenvalue weighted by molar-refractivity contribution is 5.34. The fraction of sp³-hybridized carbons (Fsp3) is 0.231. The lowest BCUT2D eigenvalue weighted by atomic mass is 10.1. The Morgan fingerprint density at radius 1 is 1.05 bits per heavy atom. The Kier molecular flexibility index (Phi) is 3.99. The van der Waals surface area contributed by atoms with Crippen molar-refractivity contribution in [2.75, 3.05) is 0 Å². The van der Waals surface area contributed by atoms with Crippen LogP contribution in [-0.4, -0.2) is 16.3 Å². The molecule has 0 fully saturated rings. The van der Waals surface area contributed by atoms with Crippen molar-refractivity contribution in [3.63, 3.8) is 0 Å². The van der Waals surface area contributed by atoms with Gasteiger partial charge in [-0.25, -0.2) is 9.97 Å². The Balaban J connectivity index is 2.08. The molecule has 0 saturated carbocycles. The smallest absolute Gasteiger partial charge is 0.406 e. The number of hydrogen-bond acceptors (Lipinski definition) is 3. The van der Waals surface area contributed by atoms with Gasteiger partial charge in [-0.3, -0.25) is 0 Å². The fourth-order valence-electron chi connectivity index (χ4n) is 1.66. The molecule has 2 aromatic rings. The number of aryl methyl sites for hydroxylation is 2. The number of hydrogen-bond donors (Lipinski definition) is 0. The molecule has 0 aliphatic carbocycles. The third-order valence-electron chi connectivity index (χ3n) is 2.49. The number of para-hydroxylation sites is 1. The normalized spacial score (nSPS) is 11.3. The summed E-state index contributed by atoms with van der Waals surface area (Å²) < 4.78 is 40.7. The highest BCUT2D eigenvalue weighted by Gasteiger charge is 2.31. The van der Waals surface area contributed by atoms with E-state index < -0.39 is 6.36 Å². The minimum absolute atomic E-state index is 0.163. The maximum absolute atomic E-state index is 12.2. The van der Waals surface area contributed by atoms with Gasteiger partial charge in [0.05, 0.1) is 0 Å². The van der Waals surface area contributed by atoms with Gasteiger partial charge in [0, 0.05) is 11.9 Å². The summed E-state index contributed by atoms with van der Waals surface area (Å²) >= 11 is 0. The lowest BCUT2D eigenvalue weighted by Gasteiger charge is -2.12. The average molecular weight is 268 g/mol. The van der Waals surface area contributed by atoms with Crippen molar-refractivity contribution in [2.45, 2.75) is 19.2 Å². The number of alkyl halides is 3. The lowest BCUT2D eigenvalue weighted by molar-refractivity contribution is -0.274. The summed E-state index contributed by atoms with van der Waals surface area (Å²) in [6.07, 6.45) is -0.719. The molecule has 0 bridgehead atoms. The summed E-state index contributed by atoms with van der Waals surface area (Å²) in [5.74, 6) is -0.163. The van der Waals surface area contributed by atoms with E-state index in [4.69, 9.17) is 0 Å². The maximum atomic E-state index is 12.2. The van der Waals surface area contributed by atoms with E-state index in [1.54, 1.807) is 24.4 Å². The molecule has 0 unspecified atom stereocenters. The minimum atomic E-state index is -4.68. The van der Waals surface area contributed by atoms with Gasteiger partial charge in [-0.15, -0.1) is 13.2 Å². The van der Waals surface area contributed by atoms with Gasteiger partial charge in [0.1, 0.15) is 12.1 Å². The molecule has 100 valence electrons. The molecule has 0 atom stereocenters. The van der Waals surface area contributed by atoms with E-state index in [0.717, 1.165) is 5.69 Å².